The van der Waals surface area contributed by atoms with Crippen molar-refractivity contribution >= 4 is 17.5 Å². The molecular formula is C18H22ClFN4O2. The quantitative estimate of drug-likeness (QED) is 0.801. The molecule has 0 radical (unpaired) electrons. The lowest BCUT2D eigenvalue weighted by atomic mass is 10.2. The van der Waals surface area contributed by atoms with E-state index in [1.165, 1.54) is 24.6 Å². The van der Waals surface area contributed by atoms with Crippen molar-refractivity contribution in [2.75, 3.05) is 13.2 Å². The highest BCUT2D eigenvalue weighted by atomic mass is 35.5. The second-order valence-corrected chi connectivity index (χ2v) is 6.68. The van der Waals surface area contributed by atoms with Gasteiger partial charge in [0.2, 0.25) is 5.91 Å². The summed E-state index contributed by atoms with van der Waals surface area (Å²) < 4.78 is 20.6. The van der Waals surface area contributed by atoms with Gasteiger partial charge in [-0.1, -0.05) is 18.0 Å². The monoisotopic (exact) mass is 380 g/mol. The third kappa shape index (κ3) is 4.94. The van der Waals surface area contributed by atoms with Gasteiger partial charge in [0, 0.05) is 25.9 Å². The van der Waals surface area contributed by atoms with E-state index in [9.17, 15) is 9.18 Å². The minimum Gasteiger partial charge on any atom is -0.491 e. The summed E-state index contributed by atoms with van der Waals surface area (Å²) in [6.45, 7) is 1.64. The molecule has 0 atom stereocenters. The van der Waals surface area contributed by atoms with E-state index in [0.717, 1.165) is 37.5 Å². The first kappa shape index (κ1) is 18.6. The molecule has 1 aliphatic heterocycles. The Morgan fingerprint density at radius 3 is 3.04 bits per heavy atom. The number of carbonyl (C=O) groups excluding carboxylic acids is 1. The number of nitrogens with zero attached hydrogens (tertiary/aromatic N) is 3. The maximum absolute atomic E-state index is 13.0. The maximum Gasteiger partial charge on any atom is 0.223 e. The van der Waals surface area contributed by atoms with E-state index >= 15 is 0 Å². The van der Waals surface area contributed by atoms with Crippen molar-refractivity contribution in [1.82, 2.24) is 20.1 Å². The van der Waals surface area contributed by atoms with Crippen LogP contribution < -0.4 is 10.1 Å². The molecule has 1 aliphatic rings. The maximum atomic E-state index is 13.0. The van der Waals surface area contributed by atoms with Crippen LogP contribution in [-0.4, -0.2) is 33.8 Å². The van der Waals surface area contributed by atoms with Crippen molar-refractivity contribution in [3.05, 3.63) is 40.7 Å². The molecule has 0 saturated carbocycles. The van der Waals surface area contributed by atoms with Gasteiger partial charge < -0.3 is 14.6 Å². The summed E-state index contributed by atoms with van der Waals surface area (Å²) in [5, 5.41) is 11.6. The van der Waals surface area contributed by atoms with Crippen molar-refractivity contribution in [3.8, 4) is 5.75 Å². The fourth-order valence-electron chi connectivity index (χ4n) is 2.98. The van der Waals surface area contributed by atoms with E-state index in [-0.39, 0.29) is 24.0 Å². The molecule has 2 aromatic rings. The lowest BCUT2D eigenvalue weighted by Crippen LogP contribution is -2.27. The number of halogens is 2. The normalized spacial score (nSPS) is 13.8. The number of hydrogen-bond acceptors (Lipinski definition) is 4. The van der Waals surface area contributed by atoms with Gasteiger partial charge in [-0.25, -0.2) is 4.39 Å². The predicted octanol–water partition coefficient (Wildman–Crippen LogP) is 2.92. The standard InChI is InChI=1S/C18H22ClFN4O2/c19-14-12-13(20)5-6-15(14)26-11-8-18(25)21-9-7-17-23-22-16-4-2-1-3-10-24(16)17/h5-6,12H,1-4,7-11H2,(H,21,25). The molecule has 3 rings (SSSR count). The second kappa shape index (κ2) is 8.98. The summed E-state index contributed by atoms with van der Waals surface area (Å²) in [7, 11) is 0. The summed E-state index contributed by atoms with van der Waals surface area (Å²) in [6.07, 6.45) is 5.36. The highest BCUT2D eigenvalue weighted by Gasteiger charge is 2.14. The molecule has 0 unspecified atom stereocenters. The number of carbonyl (C=O) groups is 1. The molecule has 140 valence electrons. The number of aryl methyl sites for hydroxylation is 1. The lowest BCUT2D eigenvalue weighted by molar-refractivity contribution is -0.121. The number of benzene rings is 1. The molecular weight excluding hydrogens is 359 g/mol. The third-order valence-corrected chi connectivity index (χ3v) is 4.63. The highest BCUT2D eigenvalue weighted by Crippen LogP contribution is 2.24. The summed E-state index contributed by atoms with van der Waals surface area (Å²) >= 11 is 5.87. The van der Waals surface area contributed by atoms with Crippen LogP contribution in [-0.2, 0) is 24.2 Å². The molecule has 0 saturated heterocycles. The smallest absolute Gasteiger partial charge is 0.223 e. The molecule has 0 bridgehead atoms. The molecule has 8 heteroatoms. The van der Waals surface area contributed by atoms with E-state index in [1.54, 1.807) is 0 Å². The predicted molar refractivity (Wildman–Crippen MR) is 95.8 cm³/mol. The molecule has 0 spiro atoms. The average Bonchev–Trinajstić information content (AvgIpc) is 2.84. The van der Waals surface area contributed by atoms with E-state index in [1.807, 2.05) is 0 Å². The van der Waals surface area contributed by atoms with Crippen LogP contribution in [0.4, 0.5) is 4.39 Å². The van der Waals surface area contributed by atoms with Crippen LogP contribution in [0.1, 0.15) is 37.3 Å². The summed E-state index contributed by atoms with van der Waals surface area (Å²) in [5.74, 6) is 1.81. The van der Waals surface area contributed by atoms with Crippen molar-refractivity contribution in [2.45, 2.75) is 45.1 Å². The zero-order chi connectivity index (χ0) is 18.4. The van der Waals surface area contributed by atoms with Crippen LogP contribution in [0.15, 0.2) is 18.2 Å². The van der Waals surface area contributed by atoms with Crippen molar-refractivity contribution < 1.29 is 13.9 Å². The minimum atomic E-state index is -0.425. The van der Waals surface area contributed by atoms with Crippen LogP contribution >= 0.6 is 11.6 Å². The number of ether oxygens (including phenoxy) is 1. The molecule has 1 amide bonds. The van der Waals surface area contributed by atoms with Crippen LogP contribution in [0, 0.1) is 5.82 Å². The number of fused-ring (bicyclic) bond motifs is 1. The Bertz CT molecular complexity index is 766. The number of rotatable bonds is 7. The first-order chi connectivity index (χ1) is 12.6. The first-order valence-electron chi connectivity index (χ1n) is 8.89. The zero-order valence-corrected chi connectivity index (χ0v) is 15.3. The van der Waals surface area contributed by atoms with Gasteiger partial charge in [-0.15, -0.1) is 10.2 Å². The Labute approximate surface area is 156 Å². The van der Waals surface area contributed by atoms with Gasteiger partial charge in [0.25, 0.3) is 0 Å². The van der Waals surface area contributed by atoms with Crippen molar-refractivity contribution in [1.29, 1.82) is 0 Å². The summed E-state index contributed by atoms with van der Waals surface area (Å²) in [4.78, 5) is 11.9. The van der Waals surface area contributed by atoms with E-state index in [4.69, 9.17) is 16.3 Å². The number of amides is 1. The fraction of sp³-hybridized carbons (Fsp3) is 0.500. The van der Waals surface area contributed by atoms with Crippen LogP contribution in [0.3, 0.4) is 0 Å². The average molecular weight is 381 g/mol. The van der Waals surface area contributed by atoms with Crippen LogP contribution in [0.25, 0.3) is 0 Å². The minimum absolute atomic E-state index is 0.112. The second-order valence-electron chi connectivity index (χ2n) is 6.27. The largest absolute Gasteiger partial charge is 0.491 e. The SMILES string of the molecule is O=C(CCOc1ccc(F)cc1Cl)NCCc1nnc2n1CCCCC2. The van der Waals surface area contributed by atoms with Crippen LogP contribution in [0.5, 0.6) is 5.75 Å². The first-order valence-corrected chi connectivity index (χ1v) is 9.27. The van der Waals surface area contributed by atoms with E-state index in [2.05, 4.69) is 20.1 Å². The number of nitrogens with one attached hydrogen (secondary N) is 1. The lowest BCUT2D eigenvalue weighted by Gasteiger charge is -2.09. The van der Waals surface area contributed by atoms with Gasteiger partial charge in [-0.05, 0) is 31.0 Å². The third-order valence-electron chi connectivity index (χ3n) is 4.34. The molecule has 6 nitrogen and oxygen atoms in total. The molecule has 1 aromatic carbocycles. The summed E-state index contributed by atoms with van der Waals surface area (Å²) in [5.41, 5.74) is 0. The molecule has 0 aliphatic carbocycles. The van der Waals surface area contributed by atoms with Gasteiger partial charge in [0.05, 0.1) is 18.1 Å². The van der Waals surface area contributed by atoms with Gasteiger partial charge in [-0.2, -0.15) is 0 Å². The zero-order valence-electron chi connectivity index (χ0n) is 14.5. The Balaban J connectivity index is 1.39. The highest BCUT2D eigenvalue weighted by molar-refractivity contribution is 6.32. The van der Waals surface area contributed by atoms with Crippen LogP contribution in [0.2, 0.25) is 5.02 Å². The van der Waals surface area contributed by atoms with E-state index < -0.39 is 5.82 Å². The fourth-order valence-corrected chi connectivity index (χ4v) is 3.20. The Morgan fingerprint density at radius 2 is 2.19 bits per heavy atom. The molecule has 1 aromatic heterocycles. The topological polar surface area (TPSA) is 69.0 Å². The summed E-state index contributed by atoms with van der Waals surface area (Å²) in [6, 6.07) is 3.90. The van der Waals surface area contributed by atoms with Crippen molar-refractivity contribution in [2.24, 2.45) is 0 Å². The van der Waals surface area contributed by atoms with Gasteiger partial charge >= 0.3 is 0 Å². The van der Waals surface area contributed by atoms with Gasteiger partial charge in [-0.3, -0.25) is 4.79 Å². The molecule has 1 N–H and O–H groups in total. The van der Waals surface area contributed by atoms with Crippen molar-refractivity contribution in [3.63, 3.8) is 0 Å². The Hall–Kier alpha value is -2.15. The van der Waals surface area contributed by atoms with Gasteiger partial charge in [0.15, 0.2) is 0 Å². The van der Waals surface area contributed by atoms with Gasteiger partial charge in [0.1, 0.15) is 23.2 Å². The molecule has 0 fully saturated rings. The number of hydrogen-bond donors (Lipinski definition) is 1. The number of aromatic nitrogens is 3. The molecule has 2 heterocycles. The Morgan fingerprint density at radius 1 is 1.31 bits per heavy atom. The Kier molecular flexibility index (Phi) is 6.44. The molecule has 26 heavy (non-hydrogen) atoms. The van der Waals surface area contributed by atoms with E-state index in [0.29, 0.717) is 18.7 Å².